The van der Waals surface area contributed by atoms with Crippen LogP contribution >= 0.6 is 11.8 Å². The number of rotatable bonds is 4. The molecule has 0 radical (unpaired) electrons. The van der Waals surface area contributed by atoms with Crippen LogP contribution in [0.2, 0.25) is 0 Å². The number of carbonyl (C=O) groups excluding carboxylic acids is 1. The van der Waals surface area contributed by atoms with E-state index in [0.717, 1.165) is 6.42 Å². The molecule has 0 bridgehead atoms. The summed E-state index contributed by atoms with van der Waals surface area (Å²) in [6, 6.07) is 0.280. The van der Waals surface area contributed by atoms with Crippen LogP contribution in [0, 0.1) is 0 Å². The lowest BCUT2D eigenvalue weighted by molar-refractivity contribution is -0.122. The molecule has 1 heterocycles. The Hall–Kier alpha value is -1.24. The number of hydrogen-bond acceptors (Lipinski definition) is 5. The highest BCUT2D eigenvalue weighted by atomic mass is 32.2. The lowest BCUT2D eigenvalue weighted by atomic mass is 9.95. The van der Waals surface area contributed by atoms with Crippen molar-refractivity contribution in [3.05, 3.63) is 6.33 Å². The number of nitrogens with one attached hydrogen (secondary N) is 1. The number of amides is 1. The van der Waals surface area contributed by atoms with Crippen LogP contribution in [0.25, 0.3) is 0 Å². The predicted molar refractivity (Wildman–Crippen MR) is 72.1 cm³/mol. The first kappa shape index (κ1) is 13.2. The highest BCUT2D eigenvalue weighted by molar-refractivity contribution is 7.99. The Balaban J connectivity index is 1.86. The van der Waals surface area contributed by atoms with Crippen molar-refractivity contribution in [1.29, 1.82) is 0 Å². The van der Waals surface area contributed by atoms with Crippen LogP contribution in [-0.4, -0.2) is 38.2 Å². The highest BCUT2D eigenvalue weighted by Crippen LogP contribution is 2.27. The predicted octanol–water partition coefficient (Wildman–Crippen LogP) is 0.651. The summed E-state index contributed by atoms with van der Waals surface area (Å²) in [5.74, 6) is 0.174. The molecule has 1 aliphatic rings. The molecule has 2 unspecified atom stereocenters. The lowest BCUT2D eigenvalue weighted by Crippen LogP contribution is -2.44. The monoisotopic (exact) mass is 269 g/mol. The van der Waals surface area contributed by atoms with Crippen LogP contribution in [-0.2, 0) is 11.3 Å². The molecular weight excluding hydrogens is 250 g/mol. The molecule has 1 saturated carbocycles. The van der Waals surface area contributed by atoms with Gasteiger partial charge in [-0.05, 0) is 19.1 Å². The first-order valence-corrected chi connectivity index (χ1v) is 7.45. The van der Waals surface area contributed by atoms with E-state index in [1.54, 1.807) is 0 Å². The van der Waals surface area contributed by atoms with E-state index in [0.29, 0.717) is 5.25 Å². The summed E-state index contributed by atoms with van der Waals surface area (Å²) in [5, 5.41) is 7.52. The Bertz CT molecular complexity index is 408. The molecule has 2 atom stereocenters. The van der Waals surface area contributed by atoms with Gasteiger partial charge in [0.2, 0.25) is 11.9 Å². The van der Waals surface area contributed by atoms with Crippen LogP contribution in [0.1, 0.15) is 25.7 Å². The average molecular weight is 269 g/mol. The van der Waals surface area contributed by atoms with Crippen LogP contribution in [0.3, 0.4) is 0 Å². The molecule has 6 nitrogen and oxygen atoms in total. The first-order valence-electron chi connectivity index (χ1n) is 6.16. The number of hydrogen-bond donors (Lipinski definition) is 2. The van der Waals surface area contributed by atoms with Crippen molar-refractivity contribution in [2.75, 3.05) is 12.0 Å². The molecule has 1 fully saturated rings. The number of nitrogens with zero attached hydrogens (tertiary/aromatic N) is 3. The molecule has 18 heavy (non-hydrogen) atoms. The van der Waals surface area contributed by atoms with Crippen molar-refractivity contribution in [3.8, 4) is 0 Å². The maximum atomic E-state index is 11.9. The van der Waals surface area contributed by atoms with E-state index in [1.165, 1.54) is 30.3 Å². The average Bonchev–Trinajstić information content (AvgIpc) is 2.75. The minimum absolute atomic E-state index is 0.0224. The van der Waals surface area contributed by atoms with Crippen LogP contribution in [0.15, 0.2) is 6.33 Å². The fourth-order valence-corrected chi connectivity index (χ4v) is 3.26. The van der Waals surface area contributed by atoms with Gasteiger partial charge in [-0.3, -0.25) is 4.79 Å². The molecule has 0 aliphatic heterocycles. The molecule has 1 aromatic rings. The quantitative estimate of drug-likeness (QED) is 0.838. The minimum atomic E-state index is -0.0224. The van der Waals surface area contributed by atoms with Crippen molar-refractivity contribution in [1.82, 2.24) is 20.1 Å². The van der Waals surface area contributed by atoms with Crippen molar-refractivity contribution >= 4 is 23.6 Å². The van der Waals surface area contributed by atoms with Gasteiger partial charge in [0, 0.05) is 11.3 Å². The number of anilines is 1. The maximum absolute atomic E-state index is 11.9. The smallest absolute Gasteiger partial charge is 0.242 e. The lowest BCUT2D eigenvalue weighted by Gasteiger charge is -2.30. The number of aromatic nitrogens is 3. The van der Waals surface area contributed by atoms with Gasteiger partial charge < -0.3 is 11.1 Å². The van der Waals surface area contributed by atoms with Gasteiger partial charge in [-0.25, -0.2) is 9.67 Å². The van der Waals surface area contributed by atoms with E-state index in [1.807, 2.05) is 11.8 Å². The molecule has 7 heteroatoms. The zero-order chi connectivity index (χ0) is 13.0. The van der Waals surface area contributed by atoms with Gasteiger partial charge in [0.05, 0.1) is 0 Å². The largest absolute Gasteiger partial charge is 0.367 e. The fourth-order valence-electron chi connectivity index (χ4n) is 2.33. The fraction of sp³-hybridized carbons (Fsp3) is 0.727. The van der Waals surface area contributed by atoms with Gasteiger partial charge >= 0.3 is 0 Å². The summed E-state index contributed by atoms with van der Waals surface area (Å²) < 4.78 is 1.46. The van der Waals surface area contributed by atoms with E-state index >= 15 is 0 Å². The number of nitrogen functional groups attached to an aromatic ring is 1. The summed E-state index contributed by atoms with van der Waals surface area (Å²) in [7, 11) is 0. The number of nitrogens with two attached hydrogens (primary N) is 1. The zero-order valence-electron chi connectivity index (χ0n) is 10.5. The third-order valence-corrected chi connectivity index (χ3v) is 4.38. The second-order valence-corrected chi connectivity index (χ2v) is 5.61. The van der Waals surface area contributed by atoms with E-state index in [2.05, 4.69) is 21.7 Å². The molecule has 2 rings (SSSR count). The van der Waals surface area contributed by atoms with Gasteiger partial charge in [-0.2, -0.15) is 11.8 Å². The molecule has 1 amide bonds. The van der Waals surface area contributed by atoms with Gasteiger partial charge in [0.1, 0.15) is 12.9 Å². The molecule has 0 aromatic carbocycles. The summed E-state index contributed by atoms with van der Waals surface area (Å²) >= 11 is 1.84. The van der Waals surface area contributed by atoms with Crippen molar-refractivity contribution in [2.24, 2.45) is 0 Å². The summed E-state index contributed by atoms with van der Waals surface area (Å²) in [5.41, 5.74) is 5.40. The van der Waals surface area contributed by atoms with E-state index in [9.17, 15) is 4.79 Å². The summed E-state index contributed by atoms with van der Waals surface area (Å²) in [6.45, 7) is 0.182. The maximum Gasteiger partial charge on any atom is 0.242 e. The first-order chi connectivity index (χ1) is 8.69. The number of carbonyl (C=O) groups is 1. The van der Waals surface area contributed by atoms with E-state index in [-0.39, 0.29) is 24.4 Å². The molecule has 0 spiro atoms. The number of thioether (sulfide) groups is 1. The Labute approximate surface area is 111 Å². The zero-order valence-corrected chi connectivity index (χ0v) is 11.3. The molecule has 1 aromatic heterocycles. The van der Waals surface area contributed by atoms with Crippen LogP contribution in [0.4, 0.5) is 5.95 Å². The standard InChI is InChI=1S/C11H19N5OS/c1-18-9-5-3-2-4-8(9)14-10(17)6-16-7-13-11(12)15-16/h7-9H,2-6H2,1H3,(H2,12,15)(H,14,17). The third-order valence-electron chi connectivity index (χ3n) is 3.21. The van der Waals surface area contributed by atoms with Crippen LogP contribution in [0.5, 0.6) is 0 Å². The van der Waals surface area contributed by atoms with Crippen molar-refractivity contribution < 1.29 is 4.79 Å². The third kappa shape index (κ3) is 3.38. The van der Waals surface area contributed by atoms with Gasteiger partial charge in [0.25, 0.3) is 0 Å². The van der Waals surface area contributed by atoms with Gasteiger partial charge in [-0.15, -0.1) is 5.10 Å². The molecule has 1 aliphatic carbocycles. The van der Waals surface area contributed by atoms with Crippen molar-refractivity contribution in [2.45, 2.75) is 43.5 Å². The molecular formula is C11H19N5OS. The van der Waals surface area contributed by atoms with Gasteiger partial charge in [0.15, 0.2) is 0 Å². The Morgan fingerprint density at radius 2 is 2.39 bits per heavy atom. The second kappa shape index (κ2) is 6.08. The van der Waals surface area contributed by atoms with Crippen molar-refractivity contribution in [3.63, 3.8) is 0 Å². The minimum Gasteiger partial charge on any atom is -0.367 e. The highest BCUT2D eigenvalue weighted by Gasteiger charge is 2.25. The van der Waals surface area contributed by atoms with Gasteiger partial charge in [-0.1, -0.05) is 12.8 Å². The van der Waals surface area contributed by atoms with E-state index < -0.39 is 0 Å². The molecule has 100 valence electrons. The Kier molecular flexibility index (Phi) is 4.46. The summed E-state index contributed by atoms with van der Waals surface area (Å²) in [4.78, 5) is 15.7. The van der Waals surface area contributed by atoms with Crippen LogP contribution < -0.4 is 11.1 Å². The SMILES string of the molecule is CSC1CCCCC1NC(=O)Cn1cnc(N)n1. The van der Waals surface area contributed by atoms with E-state index in [4.69, 9.17) is 5.73 Å². The second-order valence-electron chi connectivity index (χ2n) is 4.53. The normalized spacial score (nSPS) is 23.8. The summed E-state index contributed by atoms with van der Waals surface area (Å²) in [6.07, 6.45) is 8.28. The molecule has 0 saturated heterocycles. The topological polar surface area (TPSA) is 85.8 Å². The molecule has 3 N–H and O–H groups in total. The Morgan fingerprint density at radius 3 is 3.06 bits per heavy atom. The Morgan fingerprint density at radius 1 is 1.61 bits per heavy atom.